The minimum absolute atomic E-state index is 0.0209. The van der Waals surface area contributed by atoms with Gasteiger partial charge in [-0.1, -0.05) is 0 Å². The third-order valence-corrected chi connectivity index (χ3v) is 1.64. The summed E-state index contributed by atoms with van der Waals surface area (Å²) in [6.45, 7) is 7.97. The van der Waals surface area contributed by atoms with Gasteiger partial charge in [0.1, 0.15) is 5.60 Å². The summed E-state index contributed by atoms with van der Waals surface area (Å²) in [5.74, 6) is 0. The number of rotatable bonds is 3. The van der Waals surface area contributed by atoms with E-state index < -0.39 is 5.60 Å². The Morgan fingerprint density at radius 3 is 2.29 bits per heavy atom. The normalized spacial score (nSPS) is 13.6. The van der Waals surface area contributed by atoms with Crippen molar-refractivity contribution in [2.24, 2.45) is 0 Å². The van der Waals surface area contributed by atoms with Gasteiger partial charge in [-0.2, -0.15) is 0 Å². The van der Waals surface area contributed by atoms with Crippen molar-refractivity contribution in [2.45, 2.75) is 39.4 Å². The molecule has 0 aliphatic carbocycles. The Bertz CT molecular complexity index is 186. The van der Waals surface area contributed by atoms with E-state index in [1.807, 2.05) is 27.7 Å². The van der Waals surface area contributed by atoms with Crippen LogP contribution in [0, 0.1) is 0 Å². The van der Waals surface area contributed by atoms with Crippen molar-refractivity contribution in [3.63, 3.8) is 0 Å². The van der Waals surface area contributed by atoms with Crippen molar-refractivity contribution < 1.29 is 14.3 Å². The van der Waals surface area contributed by atoms with Crippen LogP contribution in [0.4, 0.5) is 4.79 Å². The van der Waals surface area contributed by atoms with Crippen LogP contribution in [0.15, 0.2) is 0 Å². The molecule has 0 heterocycles. The molecule has 0 saturated carbocycles. The molecule has 0 aromatic carbocycles. The van der Waals surface area contributed by atoms with Crippen molar-refractivity contribution in [1.82, 2.24) is 4.90 Å². The van der Waals surface area contributed by atoms with Crippen molar-refractivity contribution in [3.05, 3.63) is 0 Å². The van der Waals surface area contributed by atoms with Crippen LogP contribution >= 0.6 is 0 Å². The molecule has 4 nitrogen and oxygen atoms in total. The smallest absolute Gasteiger partial charge is 0.410 e. The largest absolute Gasteiger partial charge is 0.444 e. The fraction of sp³-hybridized carbons (Fsp3) is 0.900. The van der Waals surface area contributed by atoms with Crippen molar-refractivity contribution in [2.75, 3.05) is 20.7 Å². The Morgan fingerprint density at radius 2 is 1.93 bits per heavy atom. The van der Waals surface area contributed by atoms with Gasteiger partial charge in [0.2, 0.25) is 0 Å². The first-order valence-electron chi connectivity index (χ1n) is 4.73. The molecule has 14 heavy (non-hydrogen) atoms. The van der Waals surface area contributed by atoms with Crippen LogP contribution in [0.5, 0.6) is 0 Å². The van der Waals surface area contributed by atoms with Crippen molar-refractivity contribution >= 4 is 6.09 Å². The summed E-state index contributed by atoms with van der Waals surface area (Å²) >= 11 is 0. The van der Waals surface area contributed by atoms with E-state index in [2.05, 4.69) is 0 Å². The number of methoxy groups -OCH3 is 1. The van der Waals surface area contributed by atoms with Gasteiger partial charge in [-0.3, -0.25) is 0 Å². The first-order valence-corrected chi connectivity index (χ1v) is 4.73. The molecule has 0 aliphatic heterocycles. The predicted molar refractivity (Wildman–Crippen MR) is 55.3 cm³/mol. The quantitative estimate of drug-likeness (QED) is 0.703. The Balaban J connectivity index is 4.00. The van der Waals surface area contributed by atoms with E-state index in [-0.39, 0.29) is 12.2 Å². The number of nitrogens with zero attached hydrogens (tertiary/aromatic N) is 1. The second-order valence-corrected chi connectivity index (χ2v) is 4.41. The van der Waals surface area contributed by atoms with E-state index in [0.717, 1.165) is 0 Å². The van der Waals surface area contributed by atoms with Gasteiger partial charge >= 0.3 is 6.09 Å². The molecule has 0 N–H and O–H groups in total. The number of hydrogen-bond acceptors (Lipinski definition) is 3. The summed E-state index contributed by atoms with van der Waals surface area (Å²) < 4.78 is 10.2. The highest BCUT2D eigenvalue weighted by molar-refractivity contribution is 5.67. The van der Waals surface area contributed by atoms with Crippen LogP contribution in [-0.2, 0) is 9.47 Å². The average Bonchev–Trinajstić information content (AvgIpc) is 2.00. The lowest BCUT2D eigenvalue weighted by Gasteiger charge is -2.26. The summed E-state index contributed by atoms with van der Waals surface area (Å²) in [7, 11) is 3.32. The van der Waals surface area contributed by atoms with Gasteiger partial charge in [0, 0.05) is 20.7 Å². The molecule has 0 bridgehead atoms. The molecule has 1 amide bonds. The number of hydrogen-bond donors (Lipinski definition) is 0. The third-order valence-electron chi connectivity index (χ3n) is 1.64. The third kappa shape index (κ3) is 5.80. The molecule has 0 unspecified atom stereocenters. The molecular formula is C10H21NO3. The molecule has 1 atom stereocenters. The van der Waals surface area contributed by atoms with Gasteiger partial charge in [0.25, 0.3) is 0 Å². The second-order valence-electron chi connectivity index (χ2n) is 4.41. The Kier molecular flexibility index (Phi) is 4.91. The van der Waals surface area contributed by atoms with Gasteiger partial charge in [-0.15, -0.1) is 0 Å². The highest BCUT2D eigenvalue weighted by Crippen LogP contribution is 2.09. The first kappa shape index (κ1) is 13.2. The zero-order valence-electron chi connectivity index (χ0n) is 9.96. The van der Waals surface area contributed by atoms with E-state index in [0.29, 0.717) is 6.54 Å². The van der Waals surface area contributed by atoms with Crippen LogP contribution < -0.4 is 0 Å². The fourth-order valence-corrected chi connectivity index (χ4v) is 0.875. The summed E-state index contributed by atoms with van der Waals surface area (Å²) in [5.41, 5.74) is -0.443. The Hall–Kier alpha value is -0.770. The minimum atomic E-state index is -0.443. The number of ether oxygens (including phenoxy) is 2. The minimum Gasteiger partial charge on any atom is -0.444 e. The molecule has 84 valence electrons. The zero-order valence-corrected chi connectivity index (χ0v) is 9.96. The standard InChI is InChI=1S/C10H21NO3/c1-8(13-6)7-11(5)9(12)14-10(2,3)4/h8H,7H2,1-6H3/t8-/m0/s1. The predicted octanol–water partition coefficient (Wildman–Crippen LogP) is 1.89. The summed E-state index contributed by atoms with van der Waals surface area (Å²) in [5, 5.41) is 0. The zero-order chi connectivity index (χ0) is 11.4. The molecule has 0 radical (unpaired) electrons. The van der Waals surface area contributed by atoms with Gasteiger partial charge in [-0.25, -0.2) is 4.79 Å². The fourth-order valence-electron chi connectivity index (χ4n) is 0.875. The van der Waals surface area contributed by atoms with Crippen LogP contribution in [0.25, 0.3) is 0 Å². The lowest BCUT2D eigenvalue weighted by atomic mass is 10.2. The van der Waals surface area contributed by atoms with E-state index in [1.165, 1.54) is 4.90 Å². The van der Waals surface area contributed by atoms with E-state index in [1.54, 1.807) is 14.2 Å². The molecule has 0 saturated heterocycles. The van der Waals surface area contributed by atoms with Gasteiger partial charge < -0.3 is 14.4 Å². The Morgan fingerprint density at radius 1 is 1.43 bits per heavy atom. The molecule has 0 rings (SSSR count). The molecular weight excluding hydrogens is 182 g/mol. The summed E-state index contributed by atoms with van der Waals surface area (Å²) in [4.78, 5) is 13.0. The number of carbonyl (C=O) groups is 1. The number of amides is 1. The molecule has 0 aromatic rings. The SMILES string of the molecule is CO[C@@H](C)CN(C)C(=O)OC(C)(C)C. The highest BCUT2D eigenvalue weighted by Gasteiger charge is 2.20. The summed E-state index contributed by atoms with van der Waals surface area (Å²) in [6, 6.07) is 0. The number of carbonyl (C=O) groups excluding carboxylic acids is 1. The van der Waals surface area contributed by atoms with Crippen molar-refractivity contribution in [1.29, 1.82) is 0 Å². The van der Waals surface area contributed by atoms with E-state index in [9.17, 15) is 4.79 Å². The van der Waals surface area contributed by atoms with Gasteiger partial charge in [0.15, 0.2) is 0 Å². The maximum absolute atomic E-state index is 11.5. The Labute approximate surface area is 86.2 Å². The number of likely N-dealkylation sites (N-methyl/N-ethyl adjacent to an activating group) is 1. The van der Waals surface area contributed by atoms with Crippen LogP contribution in [0.1, 0.15) is 27.7 Å². The lowest BCUT2D eigenvalue weighted by Crippen LogP contribution is -2.38. The lowest BCUT2D eigenvalue weighted by molar-refractivity contribution is 0.0172. The summed E-state index contributed by atoms with van der Waals surface area (Å²) in [6.07, 6.45) is -0.297. The topological polar surface area (TPSA) is 38.8 Å². The average molecular weight is 203 g/mol. The van der Waals surface area contributed by atoms with Gasteiger partial charge in [-0.05, 0) is 27.7 Å². The highest BCUT2D eigenvalue weighted by atomic mass is 16.6. The molecule has 0 fully saturated rings. The molecule has 0 spiro atoms. The van der Waals surface area contributed by atoms with E-state index in [4.69, 9.17) is 9.47 Å². The van der Waals surface area contributed by atoms with Gasteiger partial charge in [0.05, 0.1) is 6.10 Å². The van der Waals surface area contributed by atoms with Crippen LogP contribution in [0.2, 0.25) is 0 Å². The molecule has 4 heteroatoms. The molecule has 0 aliphatic rings. The maximum Gasteiger partial charge on any atom is 0.410 e. The van der Waals surface area contributed by atoms with Crippen LogP contribution in [0.3, 0.4) is 0 Å². The van der Waals surface area contributed by atoms with Crippen LogP contribution in [-0.4, -0.2) is 43.4 Å². The second kappa shape index (κ2) is 5.20. The maximum atomic E-state index is 11.5. The monoisotopic (exact) mass is 203 g/mol. The van der Waals surface area contributed by atoms with E-state index >= 15 is 0 Å². The van der Waals surface area contributed by atoms with Crippen molar-refractivity contribution in [3.8, 4) is 0 Å². The first-order chi connectivity index (χ1) is 6.26. The molecule has 0 aromatic heterocycles.